The molecule has 1 aliphatic heterocycles. The highest BCUT2D eigenvalue weighted by Crippen LogP contribution is 2.47. The van der Waals surface area contributed by atoms with E-state index in [9.17, 15) is 4.79 Å². The fourth-order valence-corrected chi connectivity index (χ4v) is 4.03. The van der Waals surface area contributed by atoms with Gasteiger partial charge in [-0.15, -0.1) is 0 Å². The Bertz CT molecular complexity index is 597. The Morgan fingerprint density at radius 1 is 1.30 bits per heavy atom. The van der Waals surface area contributed by atoms with Crippen molar-refractivity contribution in [1.29, 1.82) is 0 Å². The fourth-order valence-electron chi connectivity index (χ4n) is 3.45. The van der Waals surface area contributed by atoms with E-state index in [-0.39, 0.29) is 11.1 Å². The minimum atomic E-state index is -0.369. The van der Waals surface area contributed by atoms with Gasteiger partial charge in [0.2, 0.25) is 6.08 Å². The first-order chi connectivity index (χ1) is 9.46. The van der Waals surface area contributed by atoms with Crippen LogP contribution >= 0.6 is 15.9 Å². The van der Waals surface area contributed by atoms with Gasteiger partial charge in [-0.25, -0.2) is 4.79 Å². The van der Waals surface area contributed by atoms with Crippen LogP contribution in [0.5, 0.6) is 5.75 Å². The maximum absolute atomic E-state index is 10.8. The highest BCUT2D eigenvalue weighted by Gasteiger charge is 2.39. The molecule has 0 unspecified atom stereocenters. The van der Waals surface area contributed by atoms with Gasteiger partial charge in [0.1, 0.15) is 11.4 Å². The molecule has 1 heterocycles. The monoisotopic (exact) mass is 335 g/mol. The van der Waals surface area contributed by atoms with Gasteiger partial charge >= 0.3 is 0 Å². The number of ether oxygens (including phenoxy) is 1. The Hall–Kier alpha value is -1.12. The van der Waals surface area contributed by atoms with Gasteiger partial charge in [-0.05, 0) is 65.9 Å². The zero-order valence-electron chi connectivity index (χ0n) is 11.8. The molecule has 1 saturated carbocycles. The maximum atomic E-state index is 10.8. The largest absolute Gasteiger partial charge is 0.486 e. The molecule has 20 heavy (non-hydrogen) atoms. The smallest absolute Gasteiger partial charge is 0.235 e. The molecule has 0 atom stereocenters. The van der Waals surface area contributed by atoms with Gasteiger partial charge in [-0.1, -0.05) is 12.8 Å². The number of aliphatic imine (C=N–C) groups is 1. The zero-order chi connectivity index (χ0) is 14.4. The number of nitrogens with zero attached hydrogens (tertiary/aromatic N) is 1. The average Bonchev–Trinajstić information content (AvgIpc) is 2.94. The molecular weight excluding hydrogens is 318 g/mol. The van der Waals surface area contributed by atoms with Crippen LogP contribution in [0.25, 0.3) is 0 Å². The summed E-state index contributed by atoms with van der Waals surface area (Å²) < 4.78 is 6.94. The summed E-state index contributed by atoms with van der Waals surface area (Å²) in [4.78, 5) is 15.0. The van der Waals surface area contributed by atoms with E-state index in [1.54, 1.807) is 6.08 Å². The van der Waals surface area contributed by atoms with Crippen LogP contribution in [0.2, 0.25) is 0 Å². The molecule has 0 aromatic heterocycles. The second-order valence-corrected chi connectivity index (χ2v) is 7.28. The van der Waals surface area contributed by atoms with Crippen LogP contribution in [0.3, 0.4) is 0 Å². The molecule has 0 saturated heterocycles. The molecule has 1 fully saturated rings. The normalized spacial score (nSPS) is 21.9. The number of hydrogen-bond acceptors (Lipinski definition) is 3. The van der Waals surface area contributed by atoms with E-state index >= 15 is 0 Å². The Balaban J connectivity index is 2.09. The molecule has 106 valence electrons. The van der Waals surface area contributed by atoms with E-state index in [4.69, 9.17) is 4.74 Å². The number of isocyanates is 1. The molecule has 1 aliphatic carbocycles. The Morgan fingerprint density at radius 2 is 2.00 bits per heavy atom. The van der Waals surface area contributed by atoms with E-state index in [0.29, 0.717) is 0 Å². The number of halogens is 1. The van der Waals surface area contributed by atoms with Crippen molar-refractivity contribution < 1.29 is 9.53 Å². The van der Waals surface area contributed by atoms with Crippen molar-refractivity contribution in [2.24, 2.45) is 4.99 Å². The Kier molecular flexibility index (Phi) is 3.26. The summed E-state index contributed by atoms with van der Waals surface area (Å²) in [5.74, 6) is 0.932. The second kappa shape index (κ2) is 4.71. The third kappa shape index (κ3) is 2.21. The predicted octanol–water partition coefficient (Wildman–Crippen LogP) is 4.27. The standard InChI is InChI=1S/C16H18BrNO2/c1-15(2)9-11-7-12(8-13(17)14(11)20-15)16(18-10-19)5-3-4-6-16/h7-8H,3-6,9H2,1-2H3. The van der Waals surface area contributed by atoms with E-state index in [1.807, 2.05) is 0 Å². The van der Waals surface area contributed by atoms with Gasteiger partial charge in [-0.2, -0.15) is 4.99 Å². The lowest BCUT2D eigenvalue weighted by Crippen LogP contribution is -2.24. The van der Waals surface area contributed by atoms with Crippen LogP contribution in [0.1, 0.15) is 50.7 Å². The molecule has 0 N–H and O–H groups in total. The van der Waals surface area contributed by atoms with Gasteiger partial charge in [0.05, 0.1) is 10.0 Å². The van der Waals surface area contributed by atoms with Gasteiger partial charge in [-0.3, -0.25) is 0 Å². The van der Waals surface area contributed by atoms with Crippen molar-refractivity contribution in [3.05, 3.63) is 27.7 Å². The van der Waals surface area contributed by atoms with Crippen LogP contribution in [-0.4, -0.2) is 11.7 Å². The first-order valence-corrected chi connectivity index (χ1v) is 7.86. The molecule has 0 radical (unpaired) electrons. The van der Waals surface area contributed by atoms with Crippen molar-refractivity contribution in [3.63, 3.8) is 0 Å². The lowest BCUT2D eigenvalue weighted by molar-refractivity contribution is 0.137. The molecule has 3 rings (SSSR count). The number of rotatable bonds is 2. The van der Waals surface area contributed by atoms with Gasteiger partial charge in [0, 0.05) is 6.42 Å². The fraction of sp³-hybridized carbons (Fsp3) is 0.562. The lowest BCUT2D eigenvalue weighted by atomic mass is 9.87. The van der Waals surface area contributed by atoms with Crippen LogP contribution < -0.4 is 4.74 Å². The molecule has 2 aliphatic rings. The quantitative estimate of drug-likeness (QED) is 0.598. The van der Waals surface area contributed by atoms with Gasteiger partial charge in [0.15, 0.2) is 0 Å². The third-order valence-electron chi connectivity index (χ3n) is 4.34. The summed E-state index contributed by atoms with van der Waals surface area (Å²) in [5.41, 5.74) is 1.78. The number of benzene rings is 1. The summed E-state index contributed by atoms with van der Waals surface area (Å²) in [5, 5.41) is 0. The minimum Gasteiger partial charge on any atom is -0.486 e. The summed E-state index contributed by atoms with van der Waals surface area (Å²) in [7, 11) is 0. The topological polar surface area (TPSA) is 38.7 Å². The van der Waals surface area contributed by atoms with Crippen LogP contribution in [0, 0.1) is 0 Å². The highest BCUT2D eigenvalue weighted by atomic mass is 79.9. The maximum Gasteiger partial charge on any atom is 0.235 e. The lowest BCUT2D eigenvalue weighted by Gasteiger charge is -2.23. The Morgan fingerprint density at radius 3 is 2.65 bits per heavy atom. The summed E-state index contributed by atoms with van der Waals surface area (Å²) in [6.07, 6.45) is 6.75. The number of fused-ring (bicyclic) bond motifs is 1. The van der Waals surface area contributed by atoms with E-state index in [1.165, 1.54) is 5.56 Å². The molecule has 0 spiro atoms. The van der Waals surface area contributed by atoms with Crippen molar-refractivity contribution in [1.82, 2.24) is 0 Å². The second-order valence-electron chi connectivity index (χ2n) is 6.43. The molecule has 3 nitrogen and oxygen atoms in total. The van der Waals surface area contributed by atoms with Crippen LogP contribution in [0.4, 0.5) is 0 Å². The van der Waals surface area contributed by atoms with Crippen molar-refractivity contribution in [2.45, 2.75) is 57.1 Å². The van der Waals surface area contributed by atoms with E-state index in [2.05, 4.69) is 46.9 Å². The first kappa shape index (κ1) is 13.8. The highest BCUT2D eigenvalue weighted by molar-refractivity contribution is 9.10. The summed E-state index contributed by atoms with van der Waals surface area (Å²) >= 11 is 3.61. The average molecular weight is 336 g/mol. The molecule has 1 aromatic carbocycles. The minimum absolute atomic E-state index is 0.166. The zero-order valence-corrected chi connectivity index (χ0v) is 13.4. The SMILES string of the molecule is CC1(C)Cc2cc(C3(N=C=O)CCCC3)cc(Br)c2O1. The molecular formula is C16H18BrNO2. The van der Waals surface area contributed by atoms with Gasteiger partial charge < -0.3 is 4.74 Å². The summed E-state index contributed by atoms with van der Waals surface area (Å²) in [6.45, 7) is 4.18. The van der Waals surface area contributed by atoms with Crippen molar-refractivity contribution in [3.8, 4) is 5.75 Å². The Labute approximate surface area is 127 Å². The van der Waals surface area contributed by atoms with E-state index in [0.717, 1.165) is 47.9 Å². The summed E-state index contributed by atoms with van der Waals surface area (Å²) in [6, 6.07) is 4.23. The number of hydrogen-bond donors (Lipinski definition) is 0. The third-order valence-corrected chi connectivity index (χ3v) is 4.93. The molecule has 0 bridgehead atoms. The number of carbonyl (C=O) groups excluding carboxylic acids is 1. The van der Waals surface area contributed by atoms with Crippen molar-refractivity contribution in [2.75, 3.05) is 0 Å². The van der Waals surface area contributed by atoms with Crippen LogP contribution in [0.15, 0.2) is 21.6 Å². The first-order valence-electron chi connectivity index (χ1n) is 7.07. The molecule has 0 amide bonds. The van der Waals surface area contributed by atoms with Crippen LogP contribution in [-0.2, 0) is 16.8 Å². The van der Waals surface area contributed by atoms with Gasteiger partial charge in [0.25, 0.3) is 0 Å². The predicted molar refractivity (Wildman–Crippen MR) is 80.8 cm³/mol. The van der Waals surface area contributed by atoms with Crippen molar-refractivity contribution >= 4 is 22.0 Å². The molecule has 4 heteroatoms. The molecule has 1 aromatic rings. The van der Waals surface area contributed by atoms with E-state index < -0.39 is 0 Å².